The zero-order valence-electron chi connectivity index (χ0n) is 16.7. The Morgan fingerprint density at radius 3 is 2.48 bits per heavy atom. The number of rotatable bonds is 8. The number of hydrogen-bond donors (Lipinski definition) is 1. The Morgan fingerprint density at radius 1 is 1.07 bits per heavy atom. The van der Waals surface area contributed by atoms with Crippen LogP contribution in [-0.2, 0) is 4.79 Å². The number of aliphatic carboxylic acids is 1. The summed E-state index contributed by atoms with van der Waals surface area (Å²) in [5.41, 5.74) is 0.498. The highest BCUT2D eigenvalue weighted by molar-refractivity contribution is 5.97. The van der Waals surface area contributed by atoms with E-state index in [0.717, 1.165) is 12.8 Å². The molecule has 1 aliphatic heterocycles. The topological polar surface area (TPSA) is 76.1 Å². The first-order chi connectivity index (χ1) is 14.1. The number of ether oxygens (including phenoxy) is 2. The van der Waals surface area contributed by atoms with Crippen LogP contribution in [-0.4, -0.2) is 41.6 Å². The lowest BCUT2D eigenvalue weighted by Crippen LogP contribution is -2.40. The second kappa shape index (κ2) is 9.96. The fourth-order valence-electron chi connectivity index (χ4n) is 3.64. The monoisotopic (exact) mass is 397 g/mol. The van der Waals surface area contributed by atoms with E-state index < -0.39 is 5.97 Å². The van der Waals surface area contributed by atoms with Crippen molar-refractivity contribution in [3.8, 4) is 17.2 Å². The molecule has 1 atom stereocenters. The molecule has 6 heteroatoms. The summed E-state index contributed by atoms with van der Waals surface area (Å²) in [6.07, 6.45) is 2.57. The Kier molecular flexibility index (Phi) is 7.11. The van der Waals surface area contributed by atoms with E-state index in [0.29, 0.717) is 48.9 Å². The normalized spacial score (nSPS) is 16.3. The third kappa shape index (κ3) is 5.50. The quantitative estimate of drug-likeness (QED) is 0.705. The van der Waals surface area contributed by atoms with Gasteiger partial charge in [0.15, 0.2) is 11.5 Å². The van der Waals surface area contributed by atoms with Gasteiger partial charge in [0, 0.05) is 19.5 Å². The second-order valence-electron chi connectivity index (χ2n) is 7.17. The van der Waals surface area contributed by atoms with Gasteiger partial charge in [-0.15, -0.1) is 0 Å². The summed E-state index contributed by atoms with van der Waals surface area (Å²) in [7, 11) is 0. The maximum atomic E-state index is 13.2. The molecule has 1 aliphatic rings. The second-order valence-corrected chi connectivity index (χ2v) is 7.17. The van der Waals surface area contributed by atoms with Gasteiger partial charge in [0.25, 0.3) is 5.91 Å². The number of amides is 1. The van der Waals surface area contributed by atoms with Crippen LogP contribution in [0.15, 0.2) is 48.5 Å². The van der Waals surface area contributed by atoms with Crippen LogP contribution in [0, 0.1) is 5.92 Å². The van der Waals surface area contributed by atoms with E-state index in [9.17, 15) is 9.59 Å². The Hall–Kier alpha value is -3.02. The van der Waals surface area contributed by atoms with Crippen LogP contribution >= 0.6 is 0 Å². The molecule has 0 aliphatic carbocycles. The Labute approximate surface area is 171 Å². The first kappa shape index (κ1) is 20.7. The minimum absolute atomic E-state index is 0.0884. The van der Waals surface area contributed by atoms with Gasteiger partial charge in [-0.2, -0.15) is 0 Å². The molecule has 1 N–H and O–H groups in total. The summed E-state index contributed by atoms with van der Waals surface area (Å²) >= 11 is 0. The van der Waals surface area contributed by atoms with E-state index in [1.165, 1.54) is 0 Å². The summed E-state index contributed by atoms with van der Waals surface area (Å²) in [4.78, 5) is 25.9. The average Bonchev–Trinajstić information content (AvgIpc) is 2.74. The molecule has 2 aromatic rings. The number of carboxylic acid groups (broad SMARTS) is 1. The Bertz CT molecular complexity index is 851. The van der Waals surface area contributed by atoms with Gasteiger partial charge in [0.05, 0.1) is 12.2 Å². The summed E-state index contributed by atoms with van der Waals surface area (Å²) in [6.45, 7) is 3.68. The molecule has 0 aromatic heterocycles. The number of nitrogens with zero attached hydrogens (tertiary/aromatic N) is 1. The van der Waals surface area contributed by atoms with Crippen LogP contribution in [0.4, 0.5) is 0 Å². The maximum absolute atomic E-state index is 13.2. The fraction of sp³-hybridized carbons (Fsp3) is 0.391. The number of hydrogen-bond acceptors (Lipinski definition) is 4. The molecule has 1 amide bonds. The molecule has 0 saturated carbocycles. The third-order valence-corrected chi connectivity index (χ3v) is 5.06. The van der Waals surface area contributed by atoms with Crippen molar-refractivity contribution < 1.29 is 24.2 Å². The molecule has 29 heavy (non-hydrogen) atoms. The van der Waals surface area contributed by atoms with Crippen molar-refractivity contribution in [1.82, 2.24) is 4.90 Å². The van der Waals surface area contributed by atoms with E-state index in [2.05, 4.69) is 0 Å². The Morgan fingerprint density at radius 2 is 1.76 bits per heavy atom. The molecule has 6 nitrogen and oxygen atoms in total. The SMILES string of the molecule is CCOc1ccccc1Oc1ccccc1C(=O)N1CCCC(CCC(=O)O)C1. The van der Waals surface area contributed by atoms with E-state index in [1.54, 1.807) is 12.1 Å². The van der Waals surface area contributed by atoms with Crippen molar-refractivity contribution in [1.29, 1.82) is 0 Å². The number of carbonyl (C=O) groups is 2. The standard InChI is InChI=1S/C23H27NO5/c1-2-28-20-11-5-6-12-21(20)29-19-10-4-3-9-18(19)23(27)24-15-7-8-17(16-24)13-14-22(25)26/h3-6,9-12,17H,2,7-8,13-16H2,1H3,(H,25,26). The van der Waals surface area contributed by atoms with Gasteiger partial charge in [-0.25, -0.2) is 0 Å². The molecular weight excluding hydrogens is 370 g/mol. The van der Waals surface area contributed by atoms with Crippen LogP contribution in [0.2, 0.25) is 0 Å². The molecule has 1 saturated heterocycles. The van der Waals surface area contributed by atoms with E-state index in [4.69, 9.17) is 14.6 Å². The van der Waals surface area contributed by atoms with Crippen molar-refractivity contribution in [2.45, 2.75) is 32.6 Å². The molecular formula is C23H27NO5. The molecule has 0 spiro atoms. The van der Waals surface area contributed by atoms with Gasteiger partial charge in [-0.05, 0) is 56.4 Å². The number of para-hydroxylation sites is 3. The van der Waals surface area contributed by atoms with Crippen molar-refractivity contribution in [3.05, 3.63) is 54.1 Å². The molecule has 0 radical (unpaired) electrons. The minimum Gasteiger partial charge on any atom is -0.490 e. The third-order valence-electron chi connectivity index (χ3n) is 5.06. The minimum atomic E-state index is -0.792. The van der Waals surface area contributed by atoms with Crippen molar-refractivity contribution >= 4 is 11.9 Å². The van der Waals surface area contributed by atoms with Crippen LogP contribution in [0.3, 0.4) is 0 Å². The molecule has 3 rings (SSSR count). The molecule has 154 valence electrons. The molecule has 1 unspecified atom stereocenters. The lowest BCUT2D eigenvalue weighted by Gasteiger charge is -2.33. The van der Waals surface area contributed by atoms with Crippen LogP contribution in [0.5, 0.6) is 17.2 Å². The summed E-state index contributed by atoms with van der Waals surface area (Å²) in [5.74, 6) is 1.01. The average molecular weight is 397 g/mol. The number of likely N-dealkylation sites (tertiary alicyclic amines) is 1. The number of benzene rings is 2. The van der Waals surface area contributed by atoms with Gasteiger partial charge in [0.1, 0.15) is 5.75 Å². The lowest BCUT2D eigenvalue weighted by molar-refractivity contribution is -0.137. The van der Waals surface area contributed by atoms with E-state index in [1.807, 2.05) is 48.2 Å². The largest absolute Gasteiger partial charge is 0.490 e. The highest BCUT2D eigenvalue weighted by Crippen LogP contribution is 2.34. The van der Waals surface area contributed by atoms with E-state index in [-0.39, 0.29) is 18.2 Å². The van der Waals surface area contributed by atoms with Gasteiger partial charge >= 0.3 is 5.97 Å². The summed E-state index contributed by atoms with van der Waals surface area (Å²) in [6, 6.07) is 14.6. The van der Waals surface area contributed by atoms with Gasteiger partial charge < -0.3 is 19.5 Å². The number of carboxylic acids is 1. The fourth-order valence-corrected chi connectivity index (χ4v) is 3.64. The van der Waals surface area contributed by atoms with Gasteiger partial charge in [0.2, 0.25) is 0 Å². The molecule has 1 heterocycles. The Balaban J connectivity index is 1.76. The smallest absolute Gasteiger partial charge is 0.303 e. The highest BCUT2D eigenvalue weighted by Gasteiger charge is 2.26. The van der Waals surface area contributed by atoms with Gasteiger partial charge in [-0.1, -0.05) is 24.3 Å². The highest BCUT2D eigenvalue weighted by atomic mass is 16.5. The zero-order chi connectivity index (χ0) is 20.6. The van der Waals surface area contributed by atoms with Crippen molar-refractivity contribution in [2.75, 3.05) is 19.7 Å². The molecule has 1 fully saturated rings. The maximum Gasteiger partial charge on any atom is 0.303 e. The van der Waals surface area contributed by atoms with E-state index >= 15 is 0 Å². The van der Waals surface area contributed by atoms with Crippen molar-refractivity contribution in [3.63, 3.8) is 0 Å². The molecule has 2 aromatic carbocycles. The summed E-state index contributed by atoms with van der Waals surface area (Å²) < 4.78 is 11.7. The number of piperidine rings is 1. The van der Waals surface area contributed by atoms with Crippen LogP contribution in [0.1, 0.15) is 43.0 Å². The van der Waals surface area contributed by atoms with Gasteiger partial charge in [-0.3, -0.25) is 9.59 Å². The first-order valence-corrected chi connectivity index (χ1v) is 10.1. The van der Waals surface area contributed by atoms with Crippen molar-refractivity contribution in [2.24, 2.45) is 5.92 Å². The lowest BCUT2D eigenvalue weighted by atomic mass is 9.93. The number of carbonyl (C=O) groups excluding carboxylic acids is 1. The summed E-state index contributed by atoms with van der Waals surface area (Å²) in [5, 5.41) is 8.93. The van der Waals surface area contributed by atoms with Crippen LogP contribution in [0.25, 0.3) is 0 Å². The predicted molar refractivity (Wildman–Crippen MR) is 110 cm³/mol. The zero-order valence-corrected chi connectivity index (χ0v) is 16.7. The first-order valence-electron chi connectivity index (χ1n) is 10.1. The predicted octanol–water partition coefficient (Wildman–Crippen LogP) is 4.59. The molecule has 0 bridgehead atoms. The van der Waals surface area contributed by atoms with Crippen LogP contribution < -0.4 is 9.47 Å².